The number of carbonyl (C=O) groups is 8. The van der Waals surface area contributed by atoms with Crippen LogP contribution in [0.5, 0.6) is 0 Å². The van der Waals surface area contributed by atoms with E-state index in [0.717, 1.165) is 29.7 Å². The molecule has 0 bridgehead atoms. The number of aliphatic hydroxyl groups excluding tert-OH is 3. The van der Waals surface area contributed by atoms with Crippen molar-refractivity contribution in [2.24, 2.45) is 28.1 Å². The SMILES string of the molecule is C[C@@H](O)[C@H](NC(=O)CNC(=O)[C@@H]1C[C@@H](O)CN1C(=O)[C@@H]1CCCN1C(=O)[C@@H](N)CCCN=C(N)N)C(=O)N[C@@H](CO)C(=O)N1Cc2ccccc2C[C@H]1C(=O)N1[C@H](C(=O)O)C[C@@H]2CCCC[C@@H]21. The normalized spacial score (nSPS) is 26.3. The first-order valence-electron chi connectivity index (χ1n) is 23.1. The number of hydrogen-bond acceptors (Lipinski definition) is 13. The van der Waals surface area contributed by atoms with E-state index in [-0.39, 0.29) is 63.4 Å². The predicted octanol–water partition coefficient (Wildman–Crippen LogP) is -4.02. The average molecular weight is 940 g/mol. The largest absolute Gasteiger partial charge is 0.480 e. The molecule has 1 aromatic rings. The highest BCUT2D eigenvalue weighted by Crippen LogP contribution is 2.41. The molecule has 368 valence electrons. The Hall–Kier alpha value is -5.91. The van der Waals surface area contributed by atoms with Crippen LogP contribution in [0.2, 0.25) is 0 Å². The Bertz CT molecular complexity index is 2070. The van der Waals surface area contributed by atoms with Crippen molar-refractivity contribution >= 4 is 53.3 Å². The van der Waals surface area contributed by atoms with E-state index in [2.05, 4.69) is 20.9 Å². The van der Waals surface area contributed by atoms with Crippen molar-refractivity contribution < 1.29 is 58.8 Å². The van der Waals surface area contributed by atoms with Gasteiger partial charge in [0.05, 0.1) is 31.4 Å². The molecule has 4 fully saturated rings. The van der Waals surface area contributed by atoms with Gasteiger partial charge in [-0.25, -0.2) is 4.79 Å². The summed E-state index contributed by atoms with van der Waals surface area (Å²) in [7, 11) is 0. The molecule has 1 saturated carbocycles. The zero-order valence-corrected chi connectivity index (χ0v) is 37.7. The highest BCUT2D eigenvalue weighted by atomic mass is 16.4. The average Bonchev–Trinajstić information content (AvgIpc) is 4.06. The second-order valence-corrected chi connectivity index (χ2v) is 18.3. The molecule has 0 radical (unpaired) electrons. The number of β-amino-alcohol motifs (C(OH)–C–C–N with tert-alkyl or cyclic N) is 1. The van der Waals surface area contributed by atoms with Crippen LogP contribution in [0.3, 0.4) is 0 Å². The number of benzene rings is 1. The third-order valence-electron chi connectivity index (χ3n) is 13.7. The van der Waals surface area contributed by atoms with Crippen LogP contribution in [0.1, 0.15) is 82.3 Å². The van der Waals surface area contributed by atoms with Gasteiger partial charge < -0.3 is 73.2 Å². The standard InChI is InChI=1S/C44H65N11O12/c1-23(57)36(51-35(59)19-49-37(60)32-18-27(58)21-54(32)41(64)31-13-7-15-52(31)39(62)28(45)11-6-14-48-44(46)47)38(61)50-29(22-56)40(63)53-20-26-10-3-2-8-24(26)16-33(53)42(65)55-30-12-5-4-9-25(30)17-34(55)43(66)67/h2-3,8,10,23,25,27-34,36,56-58H,4-7,9,11-22,45H2,1H3,(H,49,60)(H,50,61)(H,51,59)(H,66,67)(H4,46,47,48)/t23-,25+,27-,28+,29+,30+,31+,32+,33+,34+,36+/m1/s1. The lowest BCUT2D eigenvalue weighted by atomic mass is 9.84. The van der Waals surface area contributed by atoms with Gasteiger partial charge in [0.1, 0.15) is 36.3 Å². The van der Waals surface area contributed by atoms with E-state index in [4.69, 9.17) is 17.2 Å². The molecular weight excluding hydrogens is 875 g/mol. The molecule has 3 saturated heterocycles. The fraction of sp³-hybridized carbons (Fsp3) is 0.659. The zero-order chi connectivity index (χ0) is 48.7. The summed E-state index contributed by atoms with van der Waals surface area (Å²) < 4.78 is 0. The van der Waals surface area contributed by atoms with Crippen molar-refractivity contribution in [3.63, 3.8) is 0 Å². The molecular formula is C44H65N11O12. The number of hydrogen-bond donors (Lipinski definition) is 10. The fourth-order valence-electron chi connectivity index (χ4n) is 10.3. The third-order valence-corrected chi connectivity index (χ3v) is 13.7. The number of nitrogens with two attached hydrogens (primary N) is 3. The molecule has 0 aromatic heterocycles. The van der Waals surface area contributed by atoms with E-state index < -0.39 is 115 Å². The van der Waals surface area contributed by atoms with Crippen LogP contribution in [0.25, 0.3) is 0 Å². The van der Waals surface area contributed by atoms with Gasteiger partial charge in [-0.05, 0) is 68.9 Å². The molecule has 5 aliphatic rings. The van der Waals surface area contributed by atoms with Gasteiger partial charge in [0.15, 0.2) is 5.96 Å². The quantitative estimate of drug-likeness (QED) is 0.0404. The summed E-state index contributed by atoms with van der Waals surface area (Å²) in [6.45, 7) is -0.231. The van der Waals surface area contributed by atoms with E-state index in [1.165, 1.54) is 21.6 Å². The van der Waals surface area contributed by atoms with E-state index in [1.807, 2.05) is 6.07 Å². The Morgan fingerprint density at radius 1 is 0.851 bits per heavy atom. The van der Waals surface area contributed by atoms with Crippen molar-refractivity contribution in [1.29, 1.82) is 0 Å². The summed E-state index contributed by atoms with van der Waals surface area (Å²) in [5.41, 5.74) is 18.4. The van der Waals surface area contributed by atoms with E-state index >= 15 is 0 Å². The minimum atomic E-state index is -1.70. The molecule has 4 aliphatic heterocycles. The number of fused-ring (bicyclic) bond motifs is 2. The Kier molecular flexibility index (Phi) is 16.8. The van der Waals surface area contributed by atoms with E-state index in [9.17, 15) is 58.8 Å². The third kappa shape index (κ3) is 11.6. The molecule has 13 N–H and O–H groups in total. The fourth-order valence-corrected chi connectivity index (χ4v) is 10.3. The molecule has 11 atom stereocenters. The Balaban J connectivity index is 1.07. The smallest absolute Gasteiger partial charge is 0.326 e. The summed E-state index contributed by atoms with van der Waals surface area (Å²) >= 11 is 0. The monoisotopic (exact) mass is 939 g/mol. The predicted molar refractivity (Wildman–Crippen MR) is 238 cm³/mol. The molecule has 0 spiro atoms. The number of aliphatic imine (C=N–C) groups is 1. The Morgan fingerprint density at radius 2 is 1.57 bits per heavy atom. The van der Waals surface area contributed by atoms with Crippen molar-refractivity contribution in [2.75, 3.05) is 32.8 Å². The molecule has 67 heavy (non-hydrogen) atoms. The number of rotatable bonds is 17. The lowest BCUT2D eigenvalue weighted by Gasteiger charge is -2.42. The summed E-state index contributed by atoms with van der Waals surface area (Å²) in [5.74, 6) is -6.43. The zero-order valence-electron chi connectivity index (χ0n) is 37.7. The Labute approximate surface area is 387 Å². The molecule has 6 rings (SSSR count). The first-order chi connectivity index (χ1) is 31.9. The van der Waals surface area contributed by atoms with Gasteiger partial charge >= 0.3 is 5.97 Å². The highest BCUT2D eigenvalue weighted by Gasteiger charge is 2.51. The summed E-state index contributed by atoms with van der Waals surface area (Å²) in [6, 6.07) is -1.80. The van der Waals surface area contributed by atoms with Crippen LogP contribution < -0.4 is 33.2 Å². The topological polar surface area (TPSA) is 357 Å². The first kappa shape index (κ1) is 50.5. The van der Waals surface area contributed by atoms with Crippen molar-refractivity contribution in [3.05, 3.63) is 35.4 Å². The maximum atomic E-state index is 14.5. The van der Waals surface area contributed by atoms with Gasteiger partial charge in [-0.15, -0.1) is 0 Å². The maximum absolute atomic E-state index is 14.5. The maximum Gasteiger partial charge on any atom is 0.326 e. The second-order valence-electron chi connectivity index (χ2n) is 18.3. The summed E-state index contributed by atoms with van der Waals surface area (Å²) in [6.07, 6.45) is 2.24. The number of aliphatic hydroxyl groups is 3. The van der Waals surface area contributed by atoms with E-state index in [1.54, 1.807) is 18.2 Å². The van der Waals surface area contributed by atoms with Gasteiger partial charge in [-0.2, -0.15) is 0 Å². The van der Waals surface area contributed by atoms with Gasteiger partial charge in [0, 0.05) is 45.1 Å². The van der Waals surface area contributed by atoms with Crippen LogP contribution in [0.15, 0.2) is 29.3 Å². The summed E-state index contributed by atoms with van der Waals surface area (Å²) in [5, 5.41) is 48.9. The number of nitrogens with zero attached hydrogens (tertiary/aromatic N) is 5. The number of aliphatic carboxylic acids is 1. The number of carboxylic acid groups (broad SMARTS) is 1. The van der Waals surface area contributed by atoms with Crippen molar-refractivity contribution in [1.82, 2.24) is 35.6 Å². The number of guanidine groups is 1. The number of nitrogens with one attached hydrogen (secondary N) is 3. The van der Waals surface area contributed by atoms with Crippen LogP contribution in [0, 0.1) is 5.92 Å². The molecule has 1 aliphatic carbocycles. The lowest BCUT2D eigenvalue weighted by Crippen LogP contribution is -2.63. The summed E-state index contributed by atoms with van der Waals surface area (Å²) in [4.78, 5) is 118. The number of carboxylic acids is 1. The molecule has 23 heteroatoms. The number of carbonyl (C=O) groups excluding carboxylic acids is 7. The highest BCUT2D eigenvalue weighted by molar-refractivity contribution is 5.98. The number of amides is 7. The van der Waals surface area contributed by atoms with Crippen LogP contribution >= 0.6 is 0 Å². The van der Waals surface area contributed by atoms with Crippen molar-refractivity contribution in [2.45, 2.75) is 145 Å². The lowest BCUT2D eigenvalue weighted by molar-refractivity contribution is -0.156. The van der Waals surface area contributed by atoms with Crippen LogP contribution in [-0.4, -0.2) is 187 Å². The van der Waals surface area contributed by atoms with Gasteiger partial charge in [-0.3, -0.25) is 38.6 Å². The molecule has 4 heterocycles. The van der Waals surface area contributed by atoms with Crippen molar-refractivity contribution in [3.8, 4) is 0 Å². The van der Waals surface area contributed by atoms with Crippen LogP contribution in [-0.2, 0) is 51.3 Å². The molecule has 0 unspecified atom stereocenters. The number of likely N-dealkylation sites (tertiary alicyclic amines) is 3. The van der Waals surface area contributed by atoms with Gasteiger partial charge in [0.25, 0.3) is 0 Å². The Morgan fingerprint density at radius 3 is 2.25 bits per heavy atom. The van der Waals surface area contributed by atoms with Gasteiger partial charge in [0.2, 0.25) is 41.4 Å². The minimum absolute atomic E-state index is 0.0103. The molecule has 7 amide bonds. The first-order valence-corrected chi connectivity index (χ1v) is 23.1. The van der Waals surface area contributed by atoms with Crippen LogP contribution in [0.4, 0.5) is 0 Å². The molecule has 1 aromatic carbocycles. The second kappa shape index (κ2) is 22.3. The van der Waals surface area contributed by atoms with Gasteiger partial charge in [-0.1, -0.05) is 37.1 Å². The van der Waals surface area contributed by atoms with E-state index in [0.29, 0.717) is 37.7 Å². The molecule has 23 nitrogen and oxygen atoms in total. The minimum Gasteiger partial charge on any atom is -0.480 e.